The van der Waals surface area contributed by atoms with Crippen LogP contribution in [0.3, 0.4) is 0 Å². The first kappa shape index (κ1) is 22.0. The Labute approximate surface area is 166 Å². The summed E-state index contributed by atoms with van der Waals surface area (Å²) in [6.45, 7) is 0. The zero-order valence-corrected chi connectivity index (χ0v) is 15.3. The van der Waals surface area contributed by atoms with Gasteiger partial charge in [-0.3, -0.25) is 4.79 Å². The molecule has 150 valence electrons. The first-order valence-electron chi connectivity index (χ1n) is 8.72. The van der Waals surface area contributed by atoms with Gasteiger partial charge in [-0.25, -0.2) is 8.78 Å². The van der Waals surface area contributed by atoms with Gasteiger partial charge in [0.25, 0.3) is 0 Å². The van der Waals surface area contributed by atoms with E-state index in [9.17, 15) is 29.1 Å². The molecule has 2 aromatic rings. The van der Waals surface area contributed by atoms with Gasteiger partial charge >= 0.3 is 5.97 Å². The number of benzene rings is 2. The quantitative estimate of drug-likeness (QED) is 0.466. The number of nitriles is 1. The van der Waals surface area contributed by atoms with E-state index in [-0.39, 0.29) is 12.0 Å². The molecule has 2 atom stereocenters. The van der Waals surface area contributed by atoms with Crippen molar-refractivity contribution in [2.24, 2.45) is 0 Å². The van der Waals surface area contributed by atoms with Gasteiger partial charge in [-0.1, -0.05) is 30.3 Å². The molecule has 0 aliphatic carbocycles. The molecular formula is C22H19F2NO4. The summed E-state index contributed by atoms with van der Waals surface area (Å²) >= 11 is 0. The highest BCUT2D eigenvalue weighted by molar-refractivity contribution is 5.85. The molecule has 5 nitrogen and oxygen atoms in total. The largest absolute Gasteiger partial charge is 0.481 e. The lowest BCUT2D eigenvalue weighted by Crippen LogP contribution is -2.19. The summed E-state index contributed by atoms with van der Waals surface area (Å²) in [6, 6.07) is 12.8. The third-order valence-corrected chi connectivity index (χ3v) is 4.06. The Kier molecular flexibility index (Phi) is 7.78. The third kappa shape index (κ3) is 6.64. The first-order valence-corrected chi connectivity index (χ1v) is 8.72. The Morgan fingerprint density at radius 2 is 1.48 bits per heavy atom. The van der Waals surface area contributed by atoms with Gasteiger partial charge in [0.2, 0.25) is 0 Å². The number of rotatable bonds is 8. The highest BCUT2D eigenvalue weighted by atomic mass is 19.1. The van der Waals surface area contributed by atoms with E-state index in [1.54, 1.807) is 0 Å². The number of carboxylic acid groups (broad SMARTS) is 1. The van der Waals surface area contributed by atoms with Crippen LogP contribution < -0.4 is 0 Å². The molecule has 2 aromatic carbocycles. The topological polar surface area (TPSA) is 102 Å². The third-order valence-electron chi connectivity index (χ3n) is 4.06. The van der Waals surface area contributed by atoms with Crippen LogP contribution in [0, 0.1) is 23.0 Å². The van der Waals surface area contributed by atoms with Gasteiger partial charge < -0.3 is 15.3 Å². The molecule has 0 spiro atoms. The molecule has 0 bridgehead atoms. The molecule has 7 heteroatoms. The van der Waals surface area contributed by atoms with Crippen LogP contribution in [-0.2, 0) is 4.79 Å². The Morgan fingerprint density at radius 1 is 1.00 bits per heavy atom. The first-order chi connectivity index (χ1) is 13.8. The van der Waals surface area contributed by atoms with Crippen LogP contribution >= 0.6 is 0 Å². The summed E-state index contributed by atoms with van der Waals surface area (Å²) < 4.78 is 26.6. The molecule has 2 rings (SSSR count). The molecule has 3 N–H and O–H groups in total. The number of hydrogen-bond acceptors (Lipinski definition) is 4. The van der Waals surface area contributed by atoms with Crippen molar-refractivity contribution in [1.29, 1.82) is 5.26 Å². The molecule has 0 radical (unpaired) electrons. The fraction of sp³-hybridized carbons (Fsp3) is 0.182. The number of aliphatic hydroxyl groups is 2. The van der Waals surface area contributed by atoms with Gasteiger partial charge in [-0.05, 0) is 41.5 Å². The van der Waals surface area contributed by atoms with Gasteiger partial charge in [-0.15, -0.1) is 0 Å². The van der Waals surface area contributed by atoms with Crippen molar-refractivity contribution >= 4 is 11.5 Å². The number of allylic oxidation sites excluding steroid dienone is 2. The smallest absolute Gasteiger partial charge is 0.305 e. The summed E-state index contributed by atoms with van der Waals surface area (Å²) in [7, 11) is 0. The maximum atomic E-state index is 13.3. The van der Waals surface area contributed by atoms with Crippen molar-refractivity contribution in [2.45, 2.75) is 25.0 Å². The fourth-order valence-corrected chi connectivity index (χ4v) is 2.74. The molecule has 0 heterocycles. The van der Waals surface area contributed by atoms with Crippen LogP contribution in [-0.4, -0.2) is 33.5 Å². The van der Waals surface area contributed by atoms with Crippen LogP contribution in [0.15, 0.2) is 66.3 Å². The lowest BCUT2D eigenvalue weighted by atomic mass is 9.92. The minimum atomic E-state index is -1.24. The molecule has 0 unspecified atom stereocenters. The summed E-state index contributed by atoms with van der Waals surface area (Å²) in [6.07, 6.45) is -0.561. The van der Waals surface area contributed by atoms with Crippen molar-refractivity contribution < 1.29 is 28.9 Å². The minimum Gasteiger partial charge on any atom is -0.481 e. The van der Waals surface area contributed by atoms with E-state index in [1.165, 1.54) is 60.7 Å². The molecular weight excluding hydrogens is 380 g/mol. The number of aliphatic carboxylic acids is 1. The summed E-state index contributed by atoms with van der Waals surface area (Å²) in [5.41, 5.74) is 1.55. The van der Waals surface area contributed by atoms with Gasteiger partial charge in [-0.2, -0.15) is 5.26 Å². The highest BCUT2D eigenvalue weighted by Crippen LogP contribution is 2.28. The zero-order valence-electron chi connectivity index (χ0n) is 15.3. The van der Waals surface area contributed by atoms with Crippen molar-refractivity contribution in [3.63, 3.8) is 0 Å². The van der Waals surface area contributed by atoms with E-state index in [0.717, 1.165) is 0 Å². The van der Waals surface area contributed by atoms with Gasteiger partial charge in [0.05, 0.1) is 30.3 Å². The normalized spacial score (nSPS) is 12.9. The molecule has 0 fully saturated rings. The maximum Gasteiger partial charge on any atom is 0.305 e. The SMILES string of the molecule is N#CC(/C=C/[C@@H](O)C[C@@H](O)CC(=O)O)=C(c1ccc(F)cc1)c1ccc(F)cc1. The number of carboxylic acids is 1. The maximum absolute atomic E-state index is 13.3. The second kappa shape index (κ2) is 10.3. The predicted molar refractivity (Wildman–Crippen MR) is 102 cm³/mol. The van der Waals surface area contributed by atoms with E-state index in [2.05, 4.69) is 0 Å². The second-order valence-electron chi connectivity index (χ2n) is 6.33. The molecule has 0 saturated heterocycles. The number of carbonyl (C=O) groups is 1. The predicted octanol–water partition coefficient (Wildman–Crippen LogP) is 3.43. The summed E-state index contributed by atoms with van der Waals surface area (Å²) in [5.74, 6) is -2.10. The highest BCUT2D eigenvalue weighted by Gasteiger charge is 2.15. The average molecular weight is 399 g/mol. The van der Waals surface area contributed by atoms with E-state index in [1.807, 2.05) is 6.07 Å². The Hall–Kier alpha value is -3.34. The van der Waals surface area contributed by atoms with Gasteiger partial charge in [0, 0.05) is 12.0 Å². The summed E-state index contributed by atoms with van der Waals surface area (Å²) in [4.78, 5) is 10.6. The number of nitrogens with zero attached hydrogens (tertiary/aromatic N) is 1. The van der Waals surface area contributed by atoms with Crippen molar-refractivity contribution in [3.05, 3.63) is 89.0 Å². The van der Waals surface area contributed by atoms with Crippen LogP contribution in [0.25, 0.3) is 5.57 Å². The second-order valence-corrected chi connectivity index (χ2v) is 6.33. The molecule has 0 saturated carbocycles. The van der Waals surface area contributed by atoms with E-state index >= 15 is 0 Å². The van der Waals surface area contributed by atoms with Gasteiger partial charge in [0.15, 0.2) is 0 Å². The van der Waals surface area contributed by atoms with Crippen LogP contribution in [0.2, 0.25) is 0 Å². The van der Waals surface area contributed by atoms with E-state index in [0.29, 0.717) is 16.7 Å². The fourth-order valence-electron chi connectivity index (χ4n) is 2.74. The summed E-state index contributed by atoms with van der Waals surface area (Å²) in [5, 5.41) is 37.9. The van der Waals surface area contributed by atoms with Crippen molar-refractivity contribution in [2.75, 3.05) is 0 Å². The molecule has 29 heavy (non-hydrogen) atoms. The minimum absolute atomic E-state index is 0.120. The average Bonchev–Trinajstić information content (AvgIpc) is 2.66. The molecule has 0 amide bonds. The number of halogens is 2. The number of aliphatic hydroxyl groups excluding tert-OH is 2. The Morgan fingerprint density at radius 3 is 1.90 bits per heavy atom. The van der Waals surface area contributed by atoms with Crippen molar-refractivity contribution in [3.8, 4) is 6.07 Å². The van der Waals surface area contributed by atoms with Gasteiger partial charge in [0.1, 0.15) is 11.6 Å². The zero-order chi connectivity index (χ0) is 21.4. The Bertz CT molecular complexity index is 897. The van der Waals surface area contributed by atoms with E-state index < -0.39 is 36.2 Å². The van der Waals surface area contributed by atoms with E-state index in [4.69, 9.17) is 5.11 Å². The number of hydrogen-bond donors (Lipinski definition) is 3. The van der Waals surface area contributed by atoms with Crippen LogP contribution in [0.4, 0.5) is 8.78 Å². The van der Waals surface area contributed by atoms with Crippen LogP contribution in [0.5, 0.6) is 0 Å². The standard InChI is InChI=1S/C22H19F2NO4/c23-17-6-1-14(2-7-17)22(15-3-8-18(24)9-4-15)16(13-25)5-10-19(26)11-20(27)12-21(28)29/h1-10,19-20,26-27H,11-12H2,(H,28,29)/b10-5+/t19-,20-/m1/s1. The molecule has 0 aliphatic heterocycles. The van der Waals surface area contributed by atoms with Crippen molar-refractivity contribution in [1.82, 2.24) is 0 Å². The molecule has 0 aliphatic rings. The Balaban J connectivity index is 2.41. The lowest BCUT2D eigenvalue weighted by Gasteiger charge is -2.12. The van der Waals surface area contributed by atoms with Crippen LogP contribution in [0.1, 0.15) is 24.0 Å². The monoisotopic (exact) mass is 399 g/mol. The molecule has 0 aromatic heterocycles. The lowest BCUT2D eigenvalue weighted by molar-refractivity contribution is -0.139.